The topological polar surface area (TPSA) is 40.5 Å². The van der Waals surface area contributed by atoms with E-state index in [1.54, 1.807) is 0 Å². The second-order valence-electron chi connectivity index (χ2n) is 12.6. The van der Waals surface area contributed by atoms with Crippen LogP contribution in [-0.4, -0.2) is 10.2 Å². The van der Waals surface area contributed by atoms with E-state index in [1.165, 1.54) is 5.57 Å². The van der Waals surface area contributed by atoms with Crippen molar-refractivity contribution in [1.29, 1.82) is 0 Å². The molecule has 1 aliphatic carbocycles. The summed E-state index contributed by atoms with van der Waals surface area (Å²) in [7, 11) is 0. The molecule has 0 aromatic heterocycles. The van der Waals surface area contributed by atoms with Gasteiger partial charge < -0.3 is 10.2 Å². The first-order valence-electron chi connectivity index (χ1n) is 12.5. The maximum absolute atomic E-state index is 11.6. The lowest BCUT2D eigenvalue weighted by Crippen LogP contribution is -2.25. The van der Waals surface area contributed by atoms with E-state index < -0.39 is 0 Å². The van der Waals surface area contributed by atoms with Crippen molar-refractivity contribution in [2.24, 2.45) is 11.8 Å². The van der Waals surface area contributed by atoms with E-state index in [-0.39, 0.29) is 16.7 Å². The Balaban J connectivity index is 2.36. The molecule has 0 heterocycles. The monoisotopic (exact) mass is 448 g/mol. The first-order chi connectivity index (χ1) is 15.1. The fourth-order valence-electron chi connectivity index (χ4n) is 5.64. The molecule has 2 atom stereocenters. The molecule has 0 spiro atoms. The molecule has 0 saturated carbocycles. The van der Waals surface area contributed by atoms with Crippen LogP contribution in [-0.2, 0) is 10.8 Å². The summed E-state index contributed by atoms with van der Waals surface area (Å²) in [6, 6.07) is 8.51. The first-order valence-corrected chi connectivity index (χ1v) is 12.5. The molecule has 0 bridgehead atoms. The number of rotatable bonds is 3. The fraction of sp³-hybridized carbons (Fsp3) is 0.548. The summed E-state index contributed by atoms with van der Waals surface area (Å²) in [6.07, 6.45) is 4.49. The van der Waals surface area contributed by atoms with Gasteiger partial charge in [-0.05, 0) is 67.4 Å². The number of hydrogen-bond acceptors (Lipinski definition) is 2. The summed E-state index contributed by atoms with van der Waals surface area (Å²) in [5.74, 6) is 1.35. The lowest BCUT2D eigenvalue weighted by Gasteiger charge is -2.37. The van der Waals surface area contributed by atoms with Gasteiger partial charge in [-0.25, -0.2) is 0 Å². The molecule has 0 saturated heterocycles. The molecular weight excluding hydrogens is 404 g/mol. The third-order valence-electron chi connectivity index (χ3n) is 7.38. The first kappa shape index (κ1) is 25.4. The van der Waals surface area contributed by atoms with Crippen molar-refractivity contribution >= 4 is 0 Å². The SMILES string of the molecule is CC1=CC(C)C(C(c2cc(C)cc(C(C)(C)C)c2O)c2cc(C)cc(C(C)(C)C)c2O)CC1. The predicted molar refractivity (Wildman–Crippen MR) is 141 cm³/mol. The molecule has 2 nitrogen and oxygen atoms in total. The van der Waals surface area contributed by atoms with E-state index in [9.17, 15) is 10.2 Å². The molecule has 0 fully saturated rings. The summed E-state index contributed by atoms with van der Waals surface area (Å²) in [5.41, 5.74) is 7.24. The van der Waals surface area contributed by atoms with Crippen LogP contribution in [0.2, 0.25) is 0 Å². The molecule has 2 N–H and O–H groups in total. The van der Waals surface area contributed by atoms with Crippen LogP contribution in [0, 0.1) is 25.7 Å². The minimum absolute atomic E-state index is 0.0775. The third kappa shape index (κ3) is 5.15. The Morgan fingerprint density at radius 2 is 1.18 bits per heavy atom. The van der Waals surface area contributed by atoms with E-state index >= 15 is 0 Å². The second-order valence-corrected chi connectivity index (χ2v) is 12.6. The maximum atomic E-state index is 11.6. The van der Waals surface area contributed by atoms with Gasteiger partial charge >= 0.3 is 0 Å². The molecule has 2 aromatic rings. The van der Waals surface area contributed by atoms with Gasteiger partial charge in [-0.15, -0.1) is 0 Å². The lowest BCUT2D eigenvalue weighted by molar-refractivity contribution is 0.318. The van der Waals surface area contributed by atoms with Crippen LogP contribution in [0.5, 0.6) is 11.5 Å². The fourth-order valence-corrected chi connectivity index (χ4v) is 5.64. The molecule has 180 valence electrons. The summed E-state index contributed by atoms with van der Waals surface area (Å²) < 4.78 is 0. The Hall–Kier alpha value is -2.22. The molecule has 0 amide bonds. The maximum Gasteiger partial charge on any atom is 0.123 e. The zero-order chi connectivity index (χ0) is 24.9. The van der Waals surface area contributed by atoms with Crippen molar-refractivity contribution in [2.45, 2.75) is 98.8 Å². The van der Waals surface area contributed by atoms with E-state index in [0.29, 0.717) is 23.3 Å². The number of phenols is 2. The highest BCUT2D eigenvalue weighted by atomic mass is 16.3. The molecule has 2 unspecified atom stereocenters. The van der Waals surface area contributed by atoms with E-state index in [2.05, 4.69) is 99.6 Å². The molecule has 33 heavy (non-hydrogen) atoms. The average molecular weight is 449 g/mol. The molecule has 1 aliphatic rings. The summed E-state index contributed by atoms with van der Waals surface area (Å²) in [6.45, 7) is 21.6. The van der Waals surface area contributed by atoms with Crippen LogP contribution >= 0.6 is 0 Å². The van der Waals surface area contributed by atoms with Gasteiger partial charge in [-0.1, -0.05) is 95.5 Å². The Morgan fingerprint density at radius 1 is 0.758 bits per heavy atom. The lowest BCUT2D eigenvalue weighted by atomic mass is 9.67. The van der Waals surface area contributed by atoms with Gasteiger partial charge in [0, 0.05) is 17.0 Å². The number of benzene rings is 2. The highest BCUT2D eigenvalue weighted by Gasteiger charge is 2.36. The molecule has 0 aliphatic heterocycles. The van der Waals surface area contributed by atoms with Crippen molar-refractivity contribution in [1.82, 2.24) is 0 Å². The summed E-state index contributed by atoms with van der Waals surface area (Å²) >= 11 is 0. The molecule has 3 rings (SSSR count). The van der Waals surface area contributed by atoms with Gasteiger partial charge in [-0.3, -0.25) is 0 Å². The quantitative estimate of drug-likeness (QED) is 0.462. The van der Waals surface area contributed by atoms with Crippen molar-refractivity contribution in [2.75, 3.05) is 0 Å². The molecular formula is C31H44O2. The standard InChI is InChI=1S/C31H44O2/c1-18-11-12-22(21(4)13-18)27(23-14-19(2)16-25(28(23)32)30(5,6)7)24-15-20(3)17-26(29(24)33)31(8,9)10/h13-17,21-22,27,32-33H,11-12H2,1-10H3. The minimum atomic E-state index is -0.171. The van der Waals surface area contributed by atoms with Gasteiger partial charge in [0.1, 0.15) is 11.5 Å². The number of aryl methyl sites for hydroxylation is 2. The smallest absolute Gasteiger partial charge is 0.123 e. The Labute approximate surface area is 201 Å². The van der Waals surface area contributed by atoms with Crippen LogP contribution in [0.1, 0.15) is 108 Å². The Kier molecular flexibility index (Phi) is 6.82. The van der Waals surface area contributed by atoms with Gasteiger partial charge in [0.25, 0.3) is 0 Å². The van der Waals surface area contributed by atoms with Crippen molar-refractivity contribution in [3.05, 3.63) is 69.3 Å². The zero-order valence-electron chi connectivity index (χ0n) is 22.4. The molecule has 0 radical (unpaired) electrons. The van der Waals surface area contributed by atoms with E-state index in [4.69, 9.17) is 0 Å². The van der Waals surface area contributed by atoms with E-state index in [0.717, 1.165) is 46.2 Å². The Bertz CT molecular complexity index is 990. The zero-order valence-corrected chi connectivity index (χ0v) is 22.4. The molecule has 2 aromatic carbocycles. The number of allylic oxidation sites excluding steroid dienone is 2. The average Bonchev–Trinajstić information content (AvgIpc) is 2.66. The molecule has 2 heteroatoms. The minimum Gasteiger partial charge on any atom is -0.507 e. The Morgan fingerprint density at radius 3 is 1.55 bits per heavy atom. The van der Waals surface area contributed by atoms with Gasteiger partial charge in [-0.2, -0.15) is 0 Å². The predicted octanol–water partition coefficient (Wildman–Crippen LogP) is 8.43. The summed E-state index contributed by atoms with van der Waals surface area (Å²) in [4.78, 5) is 0. The van der Waals surface area contributed by atoms with Crippen molar-refractivity contribution in [3.8, 4) is 11.5 Å². The third-order valence-corrected chi connectivity index (χ3v) is 7.38. The van der Waals surface area contributed by atoms with Crippen molar-refractivity contribution < 1.29 is 10.2 Å². The normalized spacial score (nSPS) is 19.7. The van der Waals surface area contributed by atoms with Crippen LogP contribution < -0.4 is 0 Å². The van der Waals surface area contributed by atoms with Gasteiger partial charge in [0.05, 0.1) is 0 Å². The van der Waals surface area contributed by atoms with Gasteiger partial charge in [0.2, 0.25) is 0 Å². The highest BCUT2D eigenvalue weighted by Crippen LogP contribution is 2.51. The van der Waals surface area contributed by atoms with Crippen LogP contribution in [0.15, 0.2) is 35.9 Å². The number of aromatic hydroxyl groups is 2. The van der Waals surface area contributed by atoms with E-state index in [1.807, 2.05) is 0 Å². The number of phenolic OH excluding ortho intramolecular Hbond substituents is 2. The highest BCUT2D eigenvalue weighted by molar-refractivity contribution is 5.56. The van der Waals surface area contributed by atoms with Crippen LogP contribution in [0.4, 0.5) is 0 Å². The van der Waals surface area contributed by atoms with Crippen molar-refractivity contribution in [3.63, 3.8) is 0 Å². The van der Waals surface area contributed by atoms with Crippen LogP contribution in [0.3, 0.4) is 0 Å². The second kappa shape index (κ2) is 8.85. The number of hydrogen-bond donors (Lipinski definition) is 2. The summed E-state index contributed by atoms with van der Waals surface area (Å²) in [5, 5.41) is 23.3. The van der Waals surface area contributed by atoms with Crippen LogP contribution in [0.25, 0.3) is 0 Å². The largest absolute Gasteiger partial charge is 0.507 e. The van der Waals surface area contributed by atoms with Gasteiger partial charge in [0.15, 0.2) is 0 Å².